The Hall–Kier alpha value is -1.57. The molecule has 0 aliphatic rings. The van der Waals surface area contributed by atoms with Crippen LogP contribution < -0.4 is 5.32 Å². The second-order valence-corrected chi connectivity index (χ2v) is 6.55. The van der Waals surface area contributed by atoms with E-state index in [0.29, 0.717) is 0 Å². The Morgan fingerprint density at radius 2 is 1.95 bits per heavy atom. The highest BCUT2D eigenvalue weighted by atomic mass is 19.4. The summed E-state index contributed by atoms with van der Waals surface area (Å²) in [5, 5.41) is 12.6. The quantitative estimate of drug-likeness (QED) is 0.892. The van der Waals surface area contributed by atoms with Crippen molar-refractivity contribution in [1.82, 2.24) is 14.9 Å². The molecule has 0 radical (unpaired) electrons. The van der Waals surface area contributed by atoms with Gasteiger partial charge < -0.3 is 15.0 Å². The standard InChI is InChI=1S/C14H22F3N3O2/c1-9(12(2,3)4)19-10(21)8-13(22,14(15,16)17)11-18-6-7-20(11)5/h6-7,9,22H,8H2,1-5H3,(H,19,21). The van der Waals surface area contributed by atoms with Gasteiger partial charge in [-0.2, -0.15) is 13.2 Å². The van der Waals surface area contributed by atoms with E-state index in [-0.39, 0.29) is 11.5 Å². The van der Waals surface area contributed by atoms with Crippen LogP contribution in [0.1, 0.15) is 39.9 Å². The summed E-state index contributed by atoms with van der Waals surface area (Å²) in [5.74, 6) is -1.50. The van der Waals surface area contributed by atoms with Crippen molar-refractivity contribution in [2.45, 2.75) is 51.9 Å². The minimum Gasteiger partial charge on any atom is -0.374 e. The molecule has 0 spiro atoms. The first kappa shape index (κ1) is 18.5. The molecule has 0 aromatic carbocycles. The van der Waals surface area contributed by atoms with Crippen LogP contribution in [-0.4, -0.2) is 32.8 Å². The average molecular weight is 321 g/mol. The Labute approximate surface area is 127 Å². The Bertz CT molecular complexity index is 534. The summed E-state index contributed by atoms with van der Waals surface area (Å²) in [6.45, 7) is 7.26. The Balaban J connectivity index is 3.02. The number of halogens is 3. The maximum absolute atomic E-state index is 13.3. The first-order valence-corrected chi connectivity index (χ1v) is 6.85. The largest absolute Gasteiger partial charge is 0.425 e. The molecule has 8 heteroatoms. The van der Waals surface area contributed by atoms with Gasteiger partial charge in [-0.1, -0.05) is 20.8 Å². The zero-order chi connectivity index (χ0) is 17.3. The second-order valence-electron chi connectivity index (χ2n) is 6.55. The number of carbonyl (C=O) groups excluding carboxylic acids is 1. The van der Waals surface area contributed by atoms with E-state index < -0.39 is 29.9 Å². The Morgan fingerprint density at radius 3 is 2.32 bits per heavy atom. The predicted octanol–water partition coefficient (Wildman–Crippen LogP) is 2.11. The minimum atomic E-state index is -5.02. The Morgan fingerprint density at radius 1 is 1.41 bits per heavy atom. The first-order chi connectivity index (χ1) is 9.79. The number of nitrogens with one attached hydrogen (secondary N) is 1. The zero-order valence-corrected chi connectivity index (χ0v) is 13.3. The summed E-state index contributed by atoms with van der Waals surface area (Å²) in [6.07, 6.45) is -3.74. The number of carbonyl (C=O) groups is 1. The summed E-state index contributed by atoms with van der Waals surface area (Å²) >= 11 is 0. The number of aliphatic hydroxyl groups is 1. The third kappa shape index (κ3) is 3.79. The lowest BCUT2D eigenvalue weighted by atomic mass is 9.87. The lowest BCUT2D eigenvalue weighted by Crippen LogP contribution is -2.50. The fourth-order valence-electron chi connectivity index (χ4n) is 1.81. The van der Waals surface area contributed by atoms with Gasteiger partial charge in [-0.15, -0.1) is 0 Å². The smallest absolute Gasteiger partial charge is 0.374 e. The molecule has 5 nitrogen and oxygen atoms in total. The molecule has 0 aliphatic carbocycles. The maximum atomic E-state index is 13.3. The van der Waals surface area contributed by atoms with E-state index in [1.165, 1.54) is 13.2 Å². The van der Waals surface area contributed by atoms with Crippen LogP contribution >= 0.6 is 0 Å². The number of amides is 1. The number of rotatable bonds is 4. The molecular formula is C14H22F3N3O2. The van der Waals surface area contributed by atoms with Crippen LogP contribution in [0.2, 0.25) is 0 Å². The van der Waals surface area contributed by atoms with Gasteiger partial charge in [0.2, 0.25) is 11.5 Å². The highest BCUT2D eigenvalue weighted by Gasteiger charge is 2.58. The molecule has 0 saturated carbocycles. The number of hydrogen-bond acceptors (Lipinski definition) is 3. The van der Waals surface area contributed by atoms with E-state index in [1.54, 1.807) is 6.92 Å². The SMILES string of the molecule is CC(NC(=O)CC(O)(c1nccn1C)C(F)(F)F)C(C)(C)C. The maximum Gasteiger partial charge on any atom is 0.425 e. The van der Waals surface area contributed by atoms with Crippen molar-refractivity contribution >= 4 is 5.91 Å². The summed E-state index contributed by atoms with van der Waals surface area (Å²) < 4.78 is 40.9. The van der Waals surface area contributed by atoms with Gasteiger partial charge in [0.15, 0.2) is 5.82 Å². The van der Waals surface area contributed by atoms with Gasteiger partial charge in [0.25, 0.3) is 0 Å². The zero-order valence-electron chi connectivity index (χ0n) is 13.3. The number of imidazole rings is 1. The average Bonchev–Trinajstić information content (AvgIpc) is 2.72. The molecule has 0 saturated heterocycles. The lowest BCUT2D eigenvalue weighted by Gasteiger charge is -2.32. The third-order valence-electron chi connectivity index (χ3n) is 3.75. The predicted molar refractivity (Wildman–Crippen MR) is 74.8 cm³/mol. The monoisotopic (exact) mass is 321 g/mol. The van der Waals surface area contributed by atoms with Gasteiger partial charge in [-0.05, 0) is 12.3 Å². The molecule has 1 rings (SSSR count). The van der Waals surface area contributed by atoms with Crippen LogP contribution in [-0.2, 0) is 17.4 Å². The van der Waals surface area contributed by atoms with Crippen LogP contribution in [0.4, 0.5) is 13.2 Å². The number of nitrogens with zero attached hydrogens (tertiary/aromatic N) is 2. The van der Waals surface area contributed by atoms with Crippen molar-refractivity contribution in [3.05, 3.63) is 18.2 Å². The van der Waals surface area contributed by atoms with E-state index in [1.807, 2.05) is 20.8 Å². The number of aryl methyl sites for hydroxylation is 1. The van der Waals surface area contributed by atoms with E-state index in [9.17, 15) is 23.1 Å². The molecule has 1 heterocycles. The highest BCUT2D eigenvalue weighted by Crippen LogP contribution is 2.40. The van der Waals surface area contributed by atoms with Gasteiger partial charge >= 0.3 is 6.18 Å². The van der Waals surface area contributed by atoms with E-state index in [0.717, 1.165) is 10.8 Å². The molecule has 0 bridgehead atoms. The van der Waals surface area contributed by atoms with Gasteiger partial charge in [0.1, 0.15) is 0 Å². The molecule has 1 aromatic rings. The fourth-order valence-corrected chi connectivity index (χ4v) is 1.81. The van der Waals surface area contributed by atoms with E-state index in [4.69, 9.17) is 0 Å². The lowest BCUT2D eigenvalue weighted by molar-refractivity contribution is -0.271. The summed E-state index contributed by atoms with van der Waals surface area (Å²) in [5.41, 5.74) is -3.64. The second kappa shape index (κ2) is 5.91. The molecule has 126 valence electrons. The third-order valence-corrected chi connectivity index (χ3v) is 3.75. The van der Waals surface area contributed by atoms with Crippen molar-refractivity contribution in [1.29, 1.82) is 0 Å². The minimum absolute atomic E-state index is 0.310. The molecule has 0 aliphatic heterocycles. The van der Waals surface area contributed by atoms with Gasteiger partial charge in [0, 0.05) is 25.5 Å². The molecule has 1 aromatic heterocycles. The summed E-state index contributed by atoms with van der Waals surface area (Å²) in [7, 11) is 1.33. The number of hydrogen-bond donors (Lipinski definition) is 2. The van der Waals surface area contributed by atoms with E-state index >= 15 is 0 Å². The van der Waals surface area contributed by atoms with Crippen molar-refractivity contribution in [2.75, 3.05) is 0 Å². The fraction of sp³-hybridized carbons (Fsp3) is 0.714. The molecule has 0 fully saturated rings. The van der Waals surface area contributed by atoms with Crippen molar-refractivity contribution in [2.24, 2.45) is 12.5 Å². The molecule has 22 heavy (non-hydrogen) atoms. The topological polar surface area (TPSA) is 67.2 Å². The van der Waals surface area contributed by atoms with Crippen LogP contribution in [0.3, 0.4) is 0 Å². The van der Waals surface area contributed by atoms with Gasteiger partial charge in [-0.25, -0.2) is 4.98 Å². The summed E-state index contributed by atoms with van der Waals surface area (Å²) in [4.78, 5) is 15.5. The van der Waals surface area contributed by atoms with Crippen molar-refractivity contribution in [3.8, 4) is 0 Å². The number of aromatic nitrogens is 2. The van der Waals surface area contributed by atoms with Crippen molar-refractivity contribution in [3.63, 3.8) is 0 Å². The molecule has 1 amide bonds. The molecular weight excluding hydrogens is 299 g/mol. The summed E-state index contributed by atoms with van der Waals surface area (Å²) in [6, 6.07) is -0.348. The van der Waals surface area contributed by atoms with Crippen LogP contribution in [0, 0.1) is 5.41 Å². The van der Waals surface area contributed by atoms with E-state index in [2.05, 4.69) is 10.3 Å². The van der Waals surface area contributed by atoms with Gasteiger partial charge in [0.05, 0.1) is 6.42 Å². The van der Waals surface area contributed by atoms with Crippen LogP contribution in [0.15, 0.2) is 12.4 Å². The molecule has 2 N–H and O–H groups in total. The Kier molecular flexibility index (Phi) is 4.96. The highest BCUT2D eigenvalue weighted by molar-refractivity contribution is 5.77. The molecule has 2 unspecified atom stereocenters. The first-order valence-electron chi connectivity index (χ1n) is 6.85. The van der Waals surface area contributed by atoms with Gasteiger partial charge in [-0.3, -0.25) is 4.79 Å². The number of alkyl halides is 3. The van der Waals surface area contributed by atoms with Crippen LogP contribution in [0.25, 0.3) is 0 Å². The normalized spacial score (nSPS) is 17.0. The van der Waals surface area contributed by atoms with Crippen molar-refractivity contribution < 1.29 is 23.1 Å². The molecule has 2 atom stereocenters. The van der Waals surface area contributed by atoms with Crippen LogP contribution in [0.5, 0.6) is 0 Å².